The summed E-state index contributed by atoms with van der Waals surface area (Å²) in [7, 11) is 0. The molecular weight excluding hydrogens is 204 g/mol. The van der Waals surface area contributed by atoms with Gasteiger partial charge in [0.25, 0.3) is 0 Å². The normalized spacial score (nSPS) is 12.4. The Morgan fingerprint density at radius 1 is 1.18 bits per heavy atom. The van der Waals surface area contributed by atoms with E-state index in [0.29, 0.717) is 0 Å². The Kier molecular flexibility index (Phi) is 4.71. The first-order chi connectivity index (χ1) is 8.07. The van der Waals surface area contributed by atoms with E-state index in [9.17, 15) is 0 Å². The number of aryl methyl sites for hydroxylation is 1. The molecule has 0 bridgehead atoms. The SMILES string of the molecule is C=C/C=C\C(C)=C(/C)C(=C)c1ccccc1C. The van der Waals surface area contributed by atoms with Crippen LogP contribution >= 0.6 is 0 Å². The molecule has 0 nitrogen and oxygen atoms in total. The second-order valence-electron chi connectivity index (χ2n) is 4.20. The van der Waals surface area contributed by atoms with Crippen LogP contribution in [0.15, 0.2) is 66.8 Å². The van der Waals surface area contributed by atoms with Gasteiger partial charge in [-0.05, 0) is 48.6 Å². The Morgan fingerprint density at radius 2 is 1.82 bits per heavy atom. The van der Waals surface area contributed by atoms with Crippen LogP contribution in [0.1, 0.15) is 25.0 Å². The van der Waals surface area contributed by atoms with Crippen molar-refractivity contribution in [2.24, 2.45) is 0 Å². The summed E-state index contributed by atoms with van der Waals surface area (Å²) in [6.07, 6.45) is 5.79. The van der Waals surface area contributed by atoms with Crippen LogP contribution in [0.2, 0.25) is 0 Å². The molecule has 0 aliphatic heterocycles. The Labute approximate surface area is 105 Å². The van der Waals surface area contributed by atoms with Gasteiger partial charge in [-0.3, -0.25) is 0 Å². The summed E-state index contributed by atoms with van der Waals surface area (Å²) < 4.78 is 0. The van der Waals surface area contributed by atoms with Gasteiger partial charge in [-0.15, -0.1) is 0 Å². The Balaban J connectivity index is 3.10. The topological polar surface area (TPSA) is 0 Å². The maximum atomic E-state index is 4.20. The Morgan fingerprint density at radius 3 is 2.41 bits per heavy atom. The molecule has 1 aromatic rings. The quantitative estimate of drug-likeness (QED) is 0.625. The first-order valence-electron chi connectivity index (χ1n) is 5.79. The second-order valence-corrected chi connectivity index (χ2v) is 4.20. The van der Waals surface area contributed by atoms with Gasteiger partial charge >= 0.3 is 0 Å². The summed E-state index contributed by atoms with van der Waals surface area (Å²) >= 11 is 0. The third kappa shape index (κ3) is 3.32. The minimum Gasteiger partial charge on any atom is -0.0991 e. The third-order valence-electron chi connectivity index (χ3n) is 3.00. The maximum Gasteiger partial charge on any atom is -0.0158 e. The van der Waals surface area contributed by atoms with E-state index in [1.807, 2.05) is 6.08 Å². The molecule has 0 aliphatic rings. The van der Waals surface area contributed by atoms with Crippen LogP contribution in [0.3, 0.4) is 0 Å². The molecule has 0 saturated carbocycles. The molecule has 0 unspecified atom stereocenters. The highest BCUT2D eigenvalue weighted by molar-refractivity contribution is 5.79. The van der Waals surface area contributed by atoms with Gasteiger partial charge in [-0.1, -0.05) is 55.7 Å². The van der Waals surface area contributed by atoms with Crippen LogP contribution in [0, 0.1) is 6.92 Å². The van der Waals surface area contributed by atoms with Gasteiger partial charge in [0.1, 0.15) is 0 Å². The van der Waals surface area contributed by atoms with Crippen molar-refractivity contribution in [3.63, 3.8) is 0 Å². The van der Waals surface area contributed by atoms with Crippen LogP contribution in [-0.4, -0.2) is 0 Å². The first-order valence-corrected chi connectivity index (χ1v) is 5.79. The van der Waals surface area contributed by atoms with E-state index < -0.39 is 0 Å². The molecule has 0 aliphatic carbocycles. The summed E-state index contributed by atoms with van der Waals surface area (Å²) in [6, 6.07) is 8.33. The van der Waals surface area contributed by atoms with Crippen LogP contribution in [-0.2, 0) is 0 Å². The molecule has 0 spiro atoms. The Hall–Kier alpha value is -1.82. The maximum absolute atomic E-state index is 4.20. The van der Waals surface area contributed by atoms with Crippen LogP contribution < -0.4 is 0 Å². The minimum absolute atomic E-state index is 1.09. The Bertz CT molecular complexity index is 485. The van der Waals surface area contributed by atoms with Gasteiger partial charge in [-0.25, -0.2) is 0 Å². The van der Waals surface area contributed by atoms with Crippen molar-refractivity contribution in [3.8, 4) is 0 Å². The van der Waals surface area contributed by atoms with E-state index in [1.54, 1.807) is 6.08 Å². The van der Waals surface area contributed by atoms with E-state index in [2.05, 4.69) is 64.3 Å². The lowest BCUT2D eigenvalue weighted by atomic mass is 9.94. The molecule has 0 amide bonds. The van der Waals surface area contributed by atoms with Crippen molar-refractivity contribution >= 4 is 5.57 Å². The third-order valence-corrected chi connectivity index (χ3v) is 3.00. The summed E-state index contributed by atoms with van der Waals surface area (Å²) in [5.74, 6) is 0. The summed E-state index contributed by atoms with van der Waals surface area (Å²) in [4.78, 5) is 0. The van der Waals surface area contributed by atoms with Gasteiger partial charge < -0.3 is 0 Å². The van der Waals surface area contributed by atoms with Crippen LogP contribution in [0.25, 0.3) is 5.57 Å². The largest absolute Gasteiger partial charge is 0.0991 e. The molecule has 1 rings (SSSR count). The van der Waals surface area contributed by atoms with Gasteiger partial charge in [0.15, 0.2) is 0 Å². The lowest BCUT2D eigenvalue weighted by Crippen LogP contribution is -1.90. The summed E-state index contributed by atoms with van der Waals surface area (Å²) in [5, 5.41) is 0. The highest BCUT2D eigenvalue weighted by atomic mass is 14.1. The highest BCUT2D eigenvalue weighted by Gasteiger charge is 2.05. The van der Waals surface area contributed by atoms with Crippen molar-refractivity contribution in [1.29, 1.82) is 0 Å². The van der Waals surface area contributed by atoms with E-state index in [0.717, 1.165) is 5.57 Å². The van der Waals surface area contributed by atoms with Crippen LogP contribution in [0.4, 0.5) is 0 Å². The molecule has 0 N–H and O–H groups in total. The summed E-state index contributed by atoms with van der Waals surface area (Å²) in [5.41, 5.74) is 6.01. The molecule has 0 radical (unpaired) electrons. The fourth-order valence-electron chi connectivity index (χ4n) is 1.69. The smallest absolute Gasteiger partial charge is 0.0158 e. The fraction of sp³-hybridized carbons (Fsp3) is 0.176. The molecule has 0 heteroatoms. The molecule has 0 heterocycles. The lowest BCUT2D eigenvalue weighted by Gasteiger charge is -2.11. The summed E-state index contributed by atoms with van der Waals surface area (Å²) in [6.45, 7) is 14.2. The number of hydrogen-bond donors (Lipinski definition) is 0. The predicted octanol–water partition coefficient (Wildman–Crippen LogP) is 5.09. The van der Waals surface area contributed by atoms with Crippen molar-refractivity contribution in [3.05, 3.63) is 77.9 Å². The fourth-order valence-corrected chi connectivity index (χ4v) is 1.69. The molecular formula is C17H20. The standard InChI is InChI=1S/C17H20/c1-6-7-10-13(2)15(4)16(5)17-12-9-8-11-14(17)3/h6-12H,1,5H2,2-4H3/b10-7-,15-13+. The first kappa shape index (κ1) is 13.2. The molecule has 0 saturated heterocycles. The van der Waals surface area contributed by atoms with Crippen molar-refractivity contribution in [1.82, 2.24) is 0 Å². The van der Waals surface area contributed by atoms with E-state index >= 15 is 0 Å². The highest BCUT2D eigenvalue weighted by Crippen LogP contribution is 2.26. The minimum atomic E-state index is 1.09. The zero-order valence-electron chi connectivity index (χ0n) is 11.0. The number of benzene rings is 1. The molecule has 88 valence electrons. The van der Waals surface area contributed by atoms with E-state index in [1.165, 1.54) is 22.3 Å². The number of allylic oxidation sites excluding steroid dienone is 6. The van der Waals surface area contributed by atoms with Gasteiger partial charge in [0, 0.05) is 0 Å². The lowest BCUT2D eigenvalue weighted by molar-refractivity contribution is 1.35. The second kappa shape index (κ2) is 6.05. The van der Waals surface area contributed by atoms with Crippen molar-refractivity contribution in [2.45, 2.75) is 20.8 Å². The van der Waals surface area contributed by atoms with Gasteiger partial charge in [-0.2, -0.15) is 0 Å². The average molecular weight is 224 g/mol. The molecule has 1 aromatic carbocycles. The predicted molar refractivity (Wildman–Crippen MR) is 77.9 cm³/mol. The van der Waals surface area contributed by atoms with Gasteiger partial charge in [0.2, 0.25) is 0 Å². The average Bonchev–Trinajstić information content (AvgIpc) is 2.34. The molecule has 17 heavy (non-hydrogen) atoms. The molecule has 0 fully saturated rings. The van der Waals surface area contributed by atoms with Crippen LogP contribution in [0.5, 0.6) is 0 Å². The monoisotopic (exact) mass is 224 g/mol. The van der Waals surface area contributed by atoms with E-state index in [4.69, 9.17) is 0 Å². The number of hydrogen-bond acceptors (Lipinski definition) is 0. The van der Waals surface area contributed by atoms with Crippen molar-refractivity contribution in [2.75, 3.05) is 0 Å². The zero-order valence-corrected chi connectivity index (χ0v) is 11.0. The van der Waals surface area contributed by atoms with E-state index in [-0.39, 0.29) is 0 Å². The van der Waals surface area contributed by atoms with Crippen molar-refractivity contribution < 1.29 is 0 Å². The molecule has 0 atom stereocenters. The van der Waals surface area contributed by atoms with Gasteiger partial charge in [0.05, 0.1) is 0 Å². The molecule has 0 aromatic heterocycles. The number of rotatable bonds is 4. The zero-order chi connectivity index (χ0) is 12.8.